The van der Waals surface area contributed by atoms with Crippen molar-refractivity contribution in [1.29, 1.82) is 0 Å². The molecule has 106 valence electrons. The van der Waals surface area contributed by atoms with E-state index >= 15 is 0 Å². The van der Waals surface area contributed by atoms with Crippen LogP contribution in [0.4, 0.5) is 0 Å². The Balaban J connectivity index is 4.50. The van der Waals surface area contributed by atoms with Crippen molar-refractivity contribution >= 4 is 27.1 Å². The zero-order valence-electron chi connectivity index (χ0n) is 9.22. The second-order valence-corrected chi connectivity index (χ2v) is 6.87. The Morgan fingerprint density at radius 2 is 1.17 bits per heavy atom. The molecule has 0 aliphatic heterocycles. The second-order valence-electron chi connectivity index (χ2n) is 3.06. The lowest BCUT2D eigenvalue weighted by Crippen LogP contribution is -2.21. The average molecular weight is 304 g/mol. The van der Waals surface area contributed by atoms with Crippen LogP contribution in [-0.4, -0.2) is 47.1 Å². The van der Waals surface area contributed by atoms with Crippen molar-refractivity contribution in [2.45, 2.75) is 0 Å². The summed E-state index contributed by atoms with van der Waals surface area (Å²) in [5.74, 6) is -3.69. The van der Waals surface area contributed by atoms with Crippen molar-refractivity contribution in [2.75, 3.05) is 25.4 Å². The van der Waals surface area contributed by atoms with Gasteiger partial charge in [0, 0.05) is 13.1 Å². The van der Waals surface area contributed by atoms with Crippen LogP contribution < -0.4 is 11.5 Å². The molecular weight excluding hydrogens is 290 g/mol. The maximum absolute atomic E-state index is 11.1. The minimum absolute atomic E-state index is 0.248. The number of rotatable bonds is 6. The molecule has 2 atom stereocenters. The van der Waals surface area contributed by atoms with Gasteiger partial charge < -0.3 is 30.3 Å². The number of carbonyl (C=O) groups excluding carboxylic acids is 2. The molecule has 0 saturated heterocycles. The van der Waals surface area contributed by atoms with E-state index in [1.54, 1.807) is 0 Å². The molecule has 2 unspecified atom stereocenters. The second kappa shape index (κ2) is 6.98. The summed E-state index contributed by atoms with van der Waals surface area (Å²) in [6.07, 6.45) is -1.10. The SMILES string of the molecule is NCCP(=O)(O)OC(=O)C(=O)OP(=O)(O)CCN. The van der Waals surface area contributed by atoms with Crippen LogP contribution in [0.3, 0.4) is 0 Å². The first-order chi connectivity index (χ1) is 8.13. The van der Waals surface area contributed by atoms with Crippen LogP contribution in [0, 0.1) is 0 Å². The number of hydrogen-bond donors (Lipinski definition) is 4. The molecule has 10 nitrogen and oxygen atoms in total. The van der Waals surface area contributed by atoms with Crippen LogP contribution in [0.5, 0.6) is 0 Å². The van der Waals surface area contributed by atoms with Crippen molar-refractivity contribution in [3.63, 3.8) is 0 Å². The van der Waals surface area contributed by atoms with Gasteiger partial charge in [-0.25, -0.2) is 18.7 Å². The van der Waals surface area contributed by atoms with Crippen LogP contribution in [0.15, 0.2) is 0 Å². The highest BCUT2D eigenvalue weighted by Crippen LogP contribution is 2.43. The quantitative estimate of drug-likeness (QED) is 0.328. The van der Waals surface area contributed by atoms with Crippen LogP contribution >= 0.6 is 15.2 Å². The molecular formula is C6H14N2O8P2. The van der Waals surface area contributed by atoms with Crippen LogP contribution in [0.25, 0.3) is 0 Å². The summed E-state index contributed by atoms with van der Waals surface area (Å²) < 4.78 is 30.0. The molecule has 0 fully saturated rings. The number of nitrogens with two attached hydrogens (primary N) is 2. The predicted octanol–water partition coefficient (Wildman–Crippen LogP) is -1.64. The molecule has 0 aliphatic carbocycles. The van der Waals surface area contributed by atoms with Gasteiger partial charge in [-0.2, -0.15) is 0 Å². The Morgan fingerprint density at radius 1 is 0.889 bits per heavy atom. The molecule has 12 heteroatoms. The number of carbonyl (C=O) groups is 2. The van der Waals surface area contributed by atoms with Crippen molar-refractivity contribution in [2.24, 2.45) is 11.5 Å². The molecule has 0 aromatic rings. The minimum atomic E-state index is -4.35. The third-order valence-electron chi connectivity index (χ3n) is 1.44. The van der Waals surface area contributed by atoms with Crippen LogP contribution in [-0.2, 0) is 27.8 Å². The summed E-state index contributed by atoms with van der Waals surface area (Å²) in [6.45, 7) is -0.496. The fourth-order valence-electron chi connectivity index (χ4n) is 0.751. The van der Waals surface area contributed by atoms with E-state index in [-0.39, 0.29) is 13.1 Å². The first-order valence-electron chi connectivity index (χ1n) is 4.65. The Hall–Kier alpha value is -0.760. The summed E-state index contributed by atoms with van der Waals surface area (Å²) in [5.41, 5.74) is 9.94. The zero-order valence-corrected chi connectivity index (χ0v) is 11.0. The summed E-state index contributed by atoms with van der Waals surface area (Å²) in [4.78, 5) is 40.0. The third-order valence-corrected chi connectivity index (χ3v) is 3.99. The maximum atomic E-state index is 11.1. The molecule has 18 heavy (non-hydrogen) atoms. The lowest BCUT2D eigenvalue weighted by atomic mass is 10.7. The van der Waals surface area contributed by atoms with Gasteiger partial charge in [-0.3, -0.25) is 0 Å². The molecule has 0 saturated carbocycles. The Bertz CT molecular complexity index is 372. The highest BCUT2D eigenvalue weighted by Gasteiger charge is 2.33. The van der Waals surface area contributed by atoms with Gasteiger partial charge in [0.05, 0.1) is 12.3 Å². The summed E-state index contributed by atoms with van der Waals surface area (Å²) >= 11 is 0. The first kappa shape index (κ1) is 17.2. The summed E-state index contributed by atoms with van der Waals surface area (Å²) in [6, 6.07) is 0. The molecule has 0 rings (SSSR count). The summed E-state index contributed by atoms with van der Waals surface area (Å²) in [7, 11) is -8.71. The minimum Gasteiger partial charge on any atom is -0.383 e. The van der Waals surface area contributed by atoms with Gasteiger partial charge in [0.1, 0.15) is 0 Å². The van der Waals surface area contributed by atoms with E-state index in [1.165, 1.54) is 0 Å². The Labute approximate surface area is 102 Å². The third kappa shape index (κ3) is 6.85. The van der Waals surface area contributed by atoms with E-state index in [0.29, 0.717) is 0 Å². The molecule has 0 radical (unpaired) electrons. The predicted molar refractivity (Wildman–Crippen MR) is 59.7 cm³/mol. The lowest BCUT2D eigenvalue weighted by molar-refractivity contribution is -0.156. The Kier molecular flexibility index (Phi) is 6.69. The normalized spacial score (nSPS) is 17.3. The molecule has 0 spiro atoms. The highest BCUT2D eigenvalue weighted by atomic mass is 31.2. The summed E-state index contributed by atoms with van der Waals surface area (Å²) in [5, 5.41) is 0. The van der Waals surface area contributed by atoms with E-state index in [4.69, 9.17) is 21.3 Å². The van der Waals surface area contributed by atoms with Crippen molar-refractivity contribution in [1.82, 2.24) is 0 Å². The van der Waals surface area contributed by atoms with Gasteiger partial charge >= 0.3 is 27.1 Å². The van der Waals surface area contributed by atoms with E-state index in [1.807, 2.05) is 0 Å². The van der Waals surface area contributed by atoms with Crippen LogP contribution in [0.2, 0.25) is 0 Å². The standard InChI is InChI=1S/C6H14N2O8P2/c7-1-3-17(11,12)15-5(9)6(10)16-18(13,14)4-2-8/h1-4,7-8H2,(H,11,12)(H,13,14). The average Bonchev–Trinajstić information content (AvgIpc) is 2.15. The fraction of sp³-hybridized carbons (Fsp3) is 0.667. The van der Waals surface area contributed by atoms with Gasteiger partial charge in [0.15, 0.2) is 0 Å². The van der Waals surface area contributed by atoms with E-state index in [2.05, 4.69) is 9.05 Å². The van der Waals surface area contributed by atoms with E-state index in [9.17, 15) is 18.7 Å². The molecule has 0 bridgehead atoms. The molecule has 0 aromatic heterocycles. The monoisotopic (exact) mass is 304 g/mol. The van der Waals surface area contributed by atoms with Crippen LogP contribution in [0.1, 0.15) is 0 Å². The van der Waals surface area contributed by atoms with E-state index in [0.717, 1.165) is 0 Å². The number of hydrogen-bond acceptors (Lipinski definition) is 8. The van der Waals surface area contributed by atoms with Crippen molar-refractivity contribution < 1.29 is 37.6 Å². The molecule has 0 aliphatic rings. The van der Waals surface area contributed by atoms with Gasteiger partial charge in [-0.15, -0.1) is 0 Å². The molecule has 6 N–H and O–H groups in total. The van der Waals surface area contributed by atoms with Crippen molar-refractivity contribution in [3.05, 3.63) is 0 Å². The zero-order chi connectivity index (χ0) is 14.4. The van der Waals surface area contributed by atoms with Gasteiger partial charge in [-0.1, -0.05) is 0 Å². The topological polar surface area (TPSA) is 179 Å². The highest BCUT2D eigenvalue weighted by molar-refractivity contribution is 7.54. The Morgan fingerprint density at radius 3 is 1.39 bits per heavy atom. The van der Waals surface area contributed by atoms with Gasteiger partial charge in [0.2, 0.25) is 0 Å². The lowest BCUT2D eigenvalue weighted by Gasteiger charge is -2.12. The first-order valence-corrected chi connectivity index (χ1v) is 8.17. The molecule has 0 amide bonds. The molecule has 0 aromatic carbocycles. The van der Waals surface area contributed by atoms with E-state index < -0.39 is 39.5 Å². The molecule has 0 heterocycles. The smallest absolute Gasteiger partial charge is 0.383 e. The van der Waals surface area contributed by atoms with Crippen molar-refractivity contribution in [3.8, 4) is 0 Å². The fourth-order valence-corrected chi connectivity index (χ4v) is 2.25. The van der Waals surface area contributed by atoms with Gasteiger partial charge in [-0.05, 0) is 0 Å². The maximum Gasteiger partial charge on any atom is 0.424 e. The van der Waals surface area contributed by atoms with Gasteiger partial charge in [0.25, 0.3) is 0 Å². The largest absolute Gasteiger partial charge is 0.424 e.